The molecule has 0 heterocycles. The Bertz CT molecular complexity index is 905. The standard InChI is InChI=1S/C21H41N11O7/c1-10(29-16(35)12(22)5-3-7-27-20(23)24)15(34)32-14(9-33)18(37)31-13(6-4-8-28-21(25)26)17(36)30-11(2)19(38)39/h10-14,33H,3-9,22H2,1-2H3,(H,29,35)(H,30,36)(H,31,37)(H,32,34)(H,38,39)(H4,23,24,27)(H4,25,26,28)/t10-,11-,12-,13-,14-/m0/s1. The number of nitrogens with two attached hydrogens (primary N) is 5. The van der Waals surface area contributed by atoms with Crippen LogP contribution in [-0.4, -0.2) is 102 Å². The van der Waals surface area contributed by atoms with E-state index in [1.807, 2.05) is 0 Å². The maximum absolute atomic E-state index is 12.7. The molecule has 0 aliphatic heterocycles. The first-order valence-corrected chi connectivity index (χ1v) is 12.1. The van der Waals surface area contributed by atoms with Gasteiger partial charge < -0.3 is 60.1 Å². The van der Waals surface area contributed by atoms with Crippen LogP contribution in [0.25, 0.3) is 0 Å². The molecule has 0 aromatic carbocycles. The van der Waals surface area contributed by atoms with E-state index in [-0.39, 0.29) is 44.3 Å². The number of amides is 4. The number of guanidine groups is 2. The number of carbonyl (C=O) groups excluding carboxylic acids is 4. The van der Waals surface area contributed by atoms with Crippen molar-refractivity contribution in [1.82, 2.24) is 21.3 Å². The first-order chi connectivity index (χ1) is 18.2. The Kier molecular flexibility index (Phi) is 16.2. The number of carboxylic acids is 1. The molecule has 0 bridgehead atoms. The second-order valence-corrected chi connectivity index (χ2v) is 8.61. The smallest absolute Gasteiger partial charge is 0.325 e. The van der Waals surface area contributed by atoms with Crippen LogP contribution in [0.3, 0.4) is 0 Å². The summed E-state index contributed by atoms with van der Waals surface area (Å²) in [7, 11) is 0. The van der Waals surface area contributed by atoms with Gasteiger partial charge >= 0.3 is 5.97 Å². The summed E-state index contributed by atoms with van der Waals surface area (Å²) in [6, 6.07) is -6.04. The number of rotatable bonds is 18. The normalized spacial score (nSPS) is 14.4. The molecule has 0 aromatic rings. The van der Waals surface area contributed by atoms with Crippen molar-refractivity contribution in [2.24, 2.45) is 38.7 Å². The third kappa shape index (κ3) is 15.0. The average molecular weight is 560 g/mol. The number of aliphatic hydroxyl groups is 1. The van der Waals surface area contributed by atoms with Crippen molar-refractivity contribution in [3.63, 3.8) is 0 Å². The fourth-order valence-electron chi connectivity index (χ4n) is 2.95. The van der Waals surface area contributed by atoms with Gasteiger partial charge in [-0.3, -0.25) is 34.0 Å². The van der Waals surface area contributed by atoms with Gasteiger partial charge in [0.2, 0.25) is 23.6 Å². The van der Waals surface area contributed by atoms with Crippen molar-refractivity contribution in [1.29, 1.82) is 0 Å². The summed E-state index contributed by atoms with van der Waals surface area (Å²) in [5.41, 5.74) is 26.8. The lowest BCUT2D eigenvalue weighted by atomic mass is 10.1. The Morgan fingerprint density at radius 3 is 1.64 bits per heavy atom. The van der Waals surface area contributed by atoms with Gasteiger partial charge in [-0.05, 0) is 39.5 Å². The number of carboxylic acid groups (broad SMARTS) is 1. The fraction of sp³-hybridized carbons (Fsp3) is 0.667. The monoisotopic (exact) mass is 559 g/mol. The number of nitrogens with one attached hydrogen (secondary N) is 4. The highest BCUT2D eigenvalue weighted by molar-refractivity contribution is 5.95. The van der Waals surface area contributed by atoms with Crippen molar-refractivity contribution in [3.8, 4) is 0 Å². The molecular weight excluding hydrogens is 518 g/mol. The predicted octanol–water partition coefficient (Wildman–Crippen LogP) is -5.52. The number of hydrogen-bond acceptors (Lipinski definition) is 9. The lowest BCUT2D eigenvalue weighted by Crippen LogP contribution is -2.58. The van der Waals surface area contributed by atoms with E-state index in [0.29, 0.717) is 6.42 Å². The van der Waals surface area contributed by atoms with E-state index in [4.69, 9.17) is 33.8 Å². The Labute approximate surface area is 225 Å². The van der Waals surface area contributed by atoms with Crippen LogP contribution >= 0.6 is 0 Å². The number of hydrogen-bond donors (Lipinski definition) is 11. The third-order valence-corrected chi connectivity index (χ3v) is 5.18. The molecule has 0 aliphatic rings. The Hall–Kier alpha value is -4.19. The summed E-state index contributed by atoms with van der Waals surface area (Å²) in [4.78, 5) is 68.8. The van der Waals surface area contributed by atoms with E-state index in [2.05, 4.69) is 31.3 Å². The van der Waals surface area contributed by atoms with E-state index in [1.54, 1.807) is 0 Å². The number of aliphatic carboxylic acids is 1. The molecule has 0 saturated heterocycles. The van der Waals surface area contributed by atoms with Crippen molar-refractivity contribution >= 4 is 41.5 Å². The van der Waals surface area contributed by atoms with Gasteiger partial charge in [-0.15, -0.1) is 0 Å². The molecule has 0 aromatic heterocycles. The Morgan fingerprint density at radius 1 is 0.692 bits per heavy atom. The average Bonchev–Trinajstić information content (AvgIpc) is 2.85. The van der Waals surface area contributed by atoms with Crippen molar-refractivity contribution in [2.75, 3.05) is 19.7 Å². The summed E-state index contributed by atoms with van der Waals surface area (Å²) in [5.74, 6) is -4.72. The molecule has 222 valence electrons. The number of aliphatic imine (C=N–C) groups is 2. The molecule has 0 unspecified atom stereocenters. The second-order valence-electron chi connectivity index (χ2n) is 8.61. The fourth-order valence-corrected chi connectivity index (χ4v) is 2.95. The number of carbonyl (C=O) groups is 5. The summed E-state index contributed by atoms with van der Waals surface area (Å²) in [6.45, 7) is 2.15. The Balaban J connectivity index is 5.13. The molecule has 0 radical (unpaired) electrons. The van der Waals surface area contributed by atoms with E-state index < -0.39 is 66.4 Å². The summed E-state index contributed by atoms with van der Waals surface area (Å²) < 4.78 is 0. The van der Waals surface area contributed by atoms with Crippen LogP contribution < -0.4 is 49.9 Å². The van der Waals surface area contributed by atoms with Gasteiger partial charge in [0.1, 0.15) is 24.2 Å². The predicted molar refractivity (Wildman–Crippen MR) is 142 cm³/mol. The maximum atomic E-state index is 12.7. The van der Waals surface area contributed by atoms with Gasteiger partial charge in [0, 0.05) is 13.1 Å². The quantitative estimate of drug-likeness (QED) is 0.0425. The minimum atomic E-state index is -1.49. The van der Waals surface area contributed by atoms with Crippen LogP contribution in [0.5, 0.6) is 0 Å². The number of aliphatic hydroxyl groups excluding tert-OH is 1. The molecule has 5 atom stereocenters. The molecule has 4 amide bonds. The SMILES string of the molecule is C[C@H](NC(=O)[C@H](CCCN=C(N)N)NC(=O)[C@H](CO)NC(=O)[C@H](C)NC(=O)[C@@H](N)CCCN=C(N)N)C(=O)O. The lowest BCUT2D eigenvalue weighted by molar-refractivity contribution is -0.141. The first-order valence-electron chi connectivity index (χ1n) is 12.1. The minimum absolute atomic E-state index is 0.0142. The maximum Gasteiger partial charge on any atom is 0.325 e. The highest BCUT2D eigenvalue weighted by Crippen LogP contribution is 2.02. The molecule has 0 saturated carbocycles. The molecular formula is C21H41N11O7. The van der Waals surface area contributed by atoms with E-state index >= 15 is 0 Å². The highest BCUT2D eigenvalue weighted by atomic mass is 16.4. The van der Waals surface area contributed by atoms with Crippen LogP contribution in [-0.2, 0) is 24.0 Å². The van der Waals surface area contributed by atoms with Crippen LogP contribution in [0.1, 0.15) is 39.5 Å². The van der Waals surface area contributed by atoms with Gasteiger partial charge in [0.15, 0.2) is 11.9 Å². The van der Waals surface area contributed by atoms with E-state index in [9.17, 15) is 29.1 Å². The summed E-state index contributed by atoms with van der Waals surface area (Å²) in [5, 5.41) is 28.0. The van der Waals surface area contributed by atoms with Gasteiger partial charge in [-0.2, -0.15) is 0 Å². The molecule has 16 N–H and O–H groups in total. The zero-order valence-corrected chi connectivity index (χ0v) is 22.1. The third-order valence-electron chi connectivity index (χ3n) is 5.18. The van der Waals surface area contributed by atoms with Crippen molar-refractivity contribution in [2.45, 2.75) is 69.7 Å². The van der Waals surface area contributed by atoms with Crippen LogP contribution in [0.2, 0.25) is 0 Å². The van der Waals surface area contributed by atoms with E-state index in [1.165, 1.54) is 13.8 Å². The lowest BCUT2D eigenvalue weighted by Gasteiger charge is -2.24. The van der Waals surface area contributed by atoms with Crippen molar-refractivity contribution < 1.29 is 34.2 Å². The molecule has 0 rings (SSSR count). The zero-order chi connectivity index (χ0) is 30.1. The first kappa shape index (κ1) is 34.8. The number of nitrogens with zero attached hydrogens (tertiary/aromatic N) is 2. The van der Waals surface area contributed by atoms with Gasteiger partial charge in [0.25, 0.3) is 0 Å². The molecule has 39 heavy (non-hydrogen) atoms. The van der Waals surface area contributed by atoms with E-state index in [0.717, 1.165) is 0 Å². The zero-order valence-electron chi connectivity index (χ0n) is 22.1. The molecule has 18 nitrogen and oxygen atoms in total. The molecule has 0 fully saturated rings. The summed E-state index contributed by atoms with van der Waals surface area (Å²) >= 11 is 0. The highest BCUT2D eigenvalue weighted by Gasteiger charge is 2.29. The topological polar surface area (TPSA) is 329 Å². The van der Waals surface area contributed by atoms with Crippen LogP contribution in [0.15, 0.2) is 9.98 Å². The second kappa shape index (κ2) is 18.1. The largest absolute Gasteiger partial charge is 0.480 e. The van der Waals surface area contributed by atoms with Gasteiger partial charge in [-0.25, -0.2) is 0 Å². The summed E-state index contributed by atoms with van der Waals surface area (Å²) in [6.07, 6.45) is 0.918. The molecule has 0 aliphatic carbocycles. The van der Waals surface area contributed by atoms with Crippen LogP contribution in [0, 0.1) is 0 Å². The van der Waals surface area contributed by atoms with Gasteiger partial charge in [-0.1, -0.05) is 0 Å². The van der Waals surface area contributed by atoms with Crippen LogP contribution in [0.4, 0.5) is 0 Å². The minimum Gasteiger partial charge on any atom is -0.480 e. The Morgan fingerprint density at radius 2 is 1.15 bits per heavy atom. The molecule has 18 heteroatoms. The van der Waals surface area contributed by atoms with Gasteiger partial charge in [0.05, 0.1) is 12.6 Å². The van der Waals surface area contributed by atoms with Crippen molar-refractivity contribution in [3.05, 3.63) is 0 Å². The molecule has 0 spiro atoms.